The summed E-state index contributed by atoms with van der Waals surface area (Å²) in [5.41, 5.74) is 0.956. The van der Waals surface area contributed by atoms with Crippen molar-refractivity contribution >= 4 is 12.0 Å². The zero-order chi connectivity index (χ0) is 20.1. The molecule has 0 radical (unpaired) electrons. The first kappa shape index (κ1) is 20.0. The Balaban J connectivity index is 1.90. The fourth-order valence-corrected chi connectivity index (χ4v) is 3.98. The number of rotatable bonds is 5. The van der Waals surface area contributed by atoms with Crippen LogP contribution in [0.1, 0.15) is 50.1 Å². The van der Waals surface area contributed by atoms with E-state index in [1.165, 1.54) is 20.0 Å². The van der Waals surface area contributed by atoms with E-state index in [0.717, 1.165) is 25.7 Å². The van der Waals surface area contributed by atoms with Gasteiger partial charge in [0.2, 0.25) is 0 Å². The fraction of sp³-hybridized carbons (Fsp3) is 0.524. The molecule has 1 saturated carbocycles. The summed E-state index contributed by atoms with van der Waals surface area (Å²) in [7, 11) is 3.07. The molecular formula is C21H28N2O5. The number of esters is 1. The van der Waals surface area contributed by atoms with E-state index in [4.69, 9.17) is 14.2 Å². The second kappa shape index (κ2) is 8.99. The Hall–Kier alpha value is -2.70. The second-order valence-electron chi connectivity index (χ2n) is 7.21. The minimum absolute atomic E-state index is 0.0896. The normalized spacial score (nSPS) is 23.2. The number of methoxy groups -OCH3 is 2. The maximum Gasteiger partial charge on any atom is 0.319 e. The van der Waals surface area contributed by atoms with Crippen molar-refractivity contribution in [3.63, 3.8) is 0 Å². The molecule has 1 aliphatic heterocycles. The average Bonchev–Trinajstić information content (AvgIpc) is 2.95. The molecular weight excluding hydrogens is 360 g/mol. The lowest BCUT2D eigenvalue weighted by molar-refractivity contribution is -0.154. The van der Waals surface area contributed by atoms with Gasteiger partial charge < -0.3 is 24.8 Å². The number of nitrogens with one attached hydrogen (secondary N) is 2. The van der Waals surface area contributed by atoms with E-state index in [1.54, 1.807) is 25.3 Å². The van der Waals surface area contributed by atoms with E-state index in [9.17, 15) is 9.59 Å². The first-order valence-electron chi connectivity index (χ1n) is 9.72. The number of ether oxygens (including phenoxy) is 3. The molecule has 2 amide bonds. The van der Waals surface area contributed by atoms with Crippen LogP contribution in [0.15, 0.2) is 30.5 Å². The number of carbonyl (C=O) groups is 2. The molecule has 3 rings (SSSR count). The van der Waals surface area contributed by atoms with E-state index >= 15 is 0 Å². The number of carbonyl (C=O) groups excluding carboxylic acids is 2. The summed E-state index contributed by atoms with van der Waals surface area (Å²) >= 11 is 0. The van der Waals surface area contributed by atoms with Crippen LogP contribution in [0.4, 0.5) is 4.79 Å². The molecule has 1 aliphatic carbocycles. The Bertz CT molecular complexity index is 740. The molecule has 2 N–H and O–H groups in total. The third-order valence-electron chi connectivity index (χ3n) is 5.38. The molecule has 1 heterocycles. The lowest BCUT2D eigenvalue weighted by Crippen LogP contribution is -2.51. The summed E-state index contributed by atoms with van der Waals surface area (Å²) in [4.78, 5) is 25.2. The number of hydrogen-bond acceptors (Lipinski definition) is 5. The van der Waals surface area contributed by atoms with Gasteiger partial charge in [0, 0.05) is 11.3 Å². The van der Waals surface area contributed by atoms with Crippen molar-refractivity contribution in [2.45, 2.75) is 50.7 Å². The van der Waals surface area contributed by atoms with Crippen molar-refractivity contribution in [2.24, 2.45) is 5.92 Å². The van der Waals surface area contributed by atoms with Gasteiger partial charge in [-0.2, -0.15) is 0 Å². The molecule has 2 fully saturated rings. The highest BCUT2D eigenvalue weighted by atomic mass is 16.5. The number of amides is 2. The first-order chi connectivity index (χ1) is 13.5. The number of hydrogen-bond donors (Lipinski definition) is 2. The standard InChI is InChI=1S/C21H28N2O5/c1-13-17(20(24)28-14-9-6-4-5-7-10-14)18(23-21(25)22-13)15-11-8-12-16(26-2)19(15)27-3/h8,11-12,14,17-18H,1,4-7,9-10H2,2-3H3,(H2,22,23,25). The molecule has 0 bridgehead atoms. The van der Waals surface area contributed by atoms with Crippen LogP contribution in [-0.4, -0.2) is 32.3 Å². The molecule has 2 aliphatic rings. The lowest BCUT2D eigenvalue weighted by atomic mass is 9.88. The first-order valence-corrected chi connectivity index (χ1v) is 9.72. The van der Waals surface area contributed by atoms with Gasteiger partial charge in [0.05, 0.1) is 20.3 Å². The number of urea groups is 1. The SMILES string of the molecule is C=C1NC(=O)NC(c2cccc(OC)c2OC)C1C(=O)OC1CCCCCC1. The summed E-state index contributed by atoms with van der Waals surface area (Å²) in [5, 5.41) is 5.43. The van der Waals surface area contributed by atoms with Gasteiger partial charge in [-0.25, -0.2) is 4.79 Å². The zero-order valence-corrected chi connectivity index (χ0v) is 16.5. The summed E-state index contributed by atoms with van der Waals surface area (Å²) in [5.74, 6) is -0.159. The minimum Gasteiger partial charge on any atom is -0.493 e. The molecule has 7 nitrogen and oxygen atoms in total. The monoisotopic (exact) mass is 388 g/mol. The van der Waals surface area contributed by atoms with Crippen molar-refractivity contribution in [1.29, 1.82) is 0 Å². The molecule has 1 aromatic carbocycles. The van der Waals surface area contributed by atoms with Crippen LogP contribution < -0.4 is 20.1 Å². The molecule has 0 aromatic heterocycles. The van der Waals surface area contributed by atoms with Crippen LogP contribution in [-0.2, 0) is 9.53 Å². The Kier molecular flexibility index (Phi) is 6.44. The summed E-state index contributed by atoms with van der Waals surface area (Å²) in [6.07, 6.45) is 6.12. The molecule has 1 aromatic rings. The lowest BCUT2D eigenvalue weighted by Gasteiger charge is -2.34. The predicted octanol–water partition coefficient (Wildman–Crippen LogP) is 3.45. The van der Waals surface area contributed by atoms with Gasteiger partial charge in [0.15, 0.2) is 11.5 Å². The summed E-state index contributed by atoms with van der Waals surface area (Å²) < 4.78 is 16.7. The van der Waals surface area contributed by atoms with Crippen LogP contribution in [0.5, 0.6) is 11.5 Å². The van der Waals surface area contributed by atoms with Crippen molar-refractivity contribution in [3.8, 4) is 11.5 Å². The largest absolute Gasteiger partial charge is 0.493 e. The third kappa shape index (κ3) is 4.24. The van der Waals surface area contributed by atoms with Crippen LogP contribution in [0.25, 0.3) is 0 Å². The van der Waals surface area contributed by atoms with Crippen molar-refractivity contribution in [3.05, 3.63) is 36.0 Å². The quantitative estimate of drug-likeness (QED) is 0.596. The Morgan fingerprint density at radius 1 is 1.11 bits per heavy atom. The smallest absolute Gasteiger partial charge is 0.319 e. The van der Waals surface area contributed by atoms with E-state index in [0.29, 0.717) is 22.8 Å². The Morgan fingerprint density at radius 3 is 2.46 bits per heavy atom. The highest BCUT2D eigenvalue weighted by Gasteiger charge is 2.41. The van der Waals surface area contributed by atoms with Gasteiger partial charge in [-0.05, 0) is 31.7 Å². The molecule has 1 saturated heterocycles. The molecule has 7 heteroatoms. The average molecular weight is 388 g/mol. The van der Waals surface area contributed by atoms with Gasteiger partial charge in [-0.3, -0.25) is 4.79 Å². The highest BCUT2D eigenvalue weighted by molar-refractivity contribution is 5.85. The van der Waals surface area contributed by atoms with Gasteiger partial charge in [-0.1, -0.05) is 31.6 Å². The van der Waals surface area contributed by atoms with E-state index < -0.39 is 18.0 Å². The highest BCUT2D eigenvalue weighted by Crippen LogP contribution is 2.40. The molecule has 2 unspecified atom stereocenters. The van der Waals surface area contributed by atoms with Gasteiger partial charge in [-0.15, -0.1) is 0 Å². The number of benzene rings is 1. The summed E-state index contributed by atoms with van der Waals surface area (Å²) in [6, 6.07) is 4.28. The minimum atomic E-state index is -0.762. The van der Waals surface area contributed by atoms with E-state index in [1.807, 2.05) is 0 Å². The van der Waals surface area contributed by atoms with Gasteiger partial charge in [0.1, 0.15) is 12.0 Å². The number of para-hydroxylation sites is 1. The van der Waals surface area contributed by atoms with Gasteiger partial charge in [0.25, 0.3) is 0 Å². The molecule has 0 spiro atoms. The zero-order valence-electron chi connectivity index (χ0n) is 16.5. The predicted molar refractivity (Wildman–Crippen MR) is 104 cm³/mol. The van der Waals surface area contributed by atoms with Crippen LogP contribution in [0.3, 0.4) is 0 Å². The topological polar surface area (TPSA) is 85.9 Å². The second-order valence-corrected chi connectivity index (χ2v) is 7.21. The molecule has 152 valence electrons. The Labute approximate surface area is 165 Å². The van der Waals surface area contributed by atoms with Crippen LogP contribution in [0.2, 0.25) is 0 Å². The third-order valence-corrected chi connectivity index (χ3v) is 5.38. The Morgan fingerprint density at radius 2 is 1.82 bits per heavy atom. The van der Waals surface area contributed by atoms with Crippen molar-refractivity contribution in [2.75, 3.05) is 14.2 Å². The summed E-state index contributed by atoms with van der Waals surface area (Å²) in [6.45, 7) is 3.91. The van der Waals surface area contributed by atoms with Crippen LogP contribution in [0, 0.1) is 5.92 Å². The maximum absolute atomic E-state index is 13.1. The molecule has 2 atom stereocenters. The van der Waals surface area contributed by atoms with E-state index in [-0.39, 0.29) is 12.1 Å². The van der Waals surface area contributed by atoms with Gasteiger partial charge >= 0.3 is 12.0 Å². The van der Waals surface area contributed by atoms with Crippen molar-refractivity contribution in [1.82, 2.24) is 10.6 Å². The van der Waals surface area contributed by atoms with Crippen molar-refractivity contribution < 1.29 is 23.8 Å². The maximum atomic E-state index is 13.1. The molecule has 28 heavy (non-hydrogen) atoms. The van der Waals surface area contributed by atoms with E-state index in [2.05, 4.69) is 17.2 Å². The van der Waals surface area contributed by atoms with Crippen LogP contribution >= 0.6 is 0 Å². The fourth-order valence-electron chi connectivity index (χ4n) is 3.98.